The molecular weight excluding hydrogens is 469 g/mol. The van der Waals surface area contributed by atoms with E-state index < -0.39 is 15.5 Å². The highest BCUT2D eigenvalue weighted by Crippen LogP contribution is 2.31. The topological polar surface area (TPSA) is 96.8 Å². The molecule has 0 bridgehead atoms. The van der Waals surface area contributed by atoms with Crippen molar-refractivity contribution in [2.45, 2.75) is 31.0 Å². The molecule has 35 heavy (non-hydrogen) atoms. The number of fused-ring (bicyclic) bond motifs is 1. The van der Waals surface area contributed by atoms with Crippen molar-refractivity contribution in [1.82, 2.24) is 9.97 Å². The van der Waals surface area contributed by atoms with Crippen molar-refractivity contribution in [1.29, 1.82) is 0 Å². The van der Waals surface area contributed by atoms with Gasteiger partial charge in [-0.25, -0.2) is 17.9 Å². The van der Waals surface area contributed by atoms with Gasteiger partial charge in [-0.05, 0) is 18.1 Å². The van der Waals surface area contributed by atoms with Crippen molar-refractivity contribution in [3.63, 3.8) is 0 Å². The maximum Gasteiger partial charge on any atom is 0.193 e. The Hall–Kier alpha value is -3.01. The highest BCUT2D eigenvalue weighted by atomic mass is 32.2. The lowest BCUT2D eigenvalue weighted by Crippen LogP contribution is -2.17. The Bertz CT molecular complexity index is 1410. The number of allylic oxidation sites excluding steroid dienone is 3. The largest absolute Gasteiger partial charge is 0.473 e. The van der Waals surface area contributed by atoms with Gasteiger partial charge in [0, 0.05) is 52.3 Å². The van der Waals surface area contributed by atoms with E-state index in [1.54, 1.807) is 18.6 Å². The zero-order valence-electron chi connectivity index (χ0n) is 19.6. The molecule has 3 aromatic rings. The first-order valence-corrected chi connectivity index (χ1v) is 13.8. The molecule has 1 aliphatic heterocycles. The zero-order valence-corrected chi connectivity index (χ0v) is 20.4. The number of benzene rings is 1. The lowest BCUT2D eigenvalue weighted by molar-refractivity contribution is 0.0531. The number of hydrogen-bond donors (Lipinski definition) is 2. The van der Waals surface area contributed by atoms with Gasteiger partial charge in [0.2, 0.25) is 0 Å². The highest BCUT2D eigenvalue weighted by molar-refractivity contribution is 7.92. The van der Waals surface area contributed by atoms with Crippen LogP contribution in [-0.2, 0) is 14.5 Å². The fourth-order valence-electron chi connectivity index (χ4n) is 4.40. The molecule has 0 saturated carbocycles. The molecule has 2 unspecified atom stereocenters. The lowest BCUT2D eigenvalue weighted by Gasteiger charge is -2.16. The second-order valence-corrected chi connectivity index (χ2v) is 11.8. The third-order valence-corrected chi connectivity index (χ3v) is 6.74. The van der Waals surface area contributed by atoms with Crippen LogP contribution in [-0.4, -0.2) is 57.2 Å². The summed E-state index contributed by atoms with van der Waals surface area (Å²) in [4.78, 5) is 7.60. The summed E-state index contributed by atoms with van der Waals surface area (Å²) in [6.45, 7) is 0.367. The number of aliphatic hydroxyl groups excluding tert-OH is 1. The molecule has 184 valence electrons. The summed E-state index contributed by atoms with van der Waals surface area (Å²) < 4.78 is 42.4. The number of nitrogens with zero attached hydrogens (tertiary/aromatic N) is 2. The molecule has 3 heterocycles. The van der Waals surface area contributed by atoms with Crippen molar-refractivity contribution >= 4 is 20.8 Å². The number of ether oxygens (including phenoxy) is 2. The Kier molecular flexibility index (Phi) is 6.48. The average Bonchev–Trinajstić information content (AvgIpc) is 3.44. The summed E-state index contributed by atoms with van der Waals surface area (Å²) in [5, 5.41) is 9.21. The number of H-pyrrole nitrogens is 1. The molecule has 0 radical (unpaired) electrons. The second kappa shape index (κ2) is 9.56. The van der Waals surface area contributed by atoms with E-state index in [0.29, 0.717) is 35.5 Å². The number of rotatable bonds is 6. The van der Waals surface area contributed by atoms with E-state index in [2.05, 4.69) is 20.4 Å². The van der Waals surface area contributed by atoms with E-state index in [1.165, 1.54) is 6.07 Å². The minimum atomic E-state index is -2.18. The van der Waals surface area contributed by atoms with Crippen LogP contribution < -0.4 is 4.74 Å². The monoisotopic (exact) mass is 497 g/mol. The van der Waals surface area contributed by atoms with E-state index >= 15 is 0 Å². The van der Waals surface area contributed by atoms with Gasteiger partial charge in [0.05, 0.1) is 36.0 Å². The van der Waals surface area contributed by atoms with Crippen molar-refractivity contribution < 1.29 is 23.2 Å². The van der Waals surface area contributed by atoms with Gasteiger partial charge in [0.1, 0.15) is 11.8 Å². The molecule has 0 spiro atoms. The van der Waals surface area contributed by atoms with Crippen LogP contribution in [0.15, 0.2) is 64.7 Å². The van der Waals surface area contributed by atoms with Crippen LogP contribution in [0.25, 0.3) is 22.3 Å². The Morgan fingerprint density at radius 2 is 2.09 bits per heavy atom. The molecule has 1 saturated heterocycles. The first kappa shape index (κ1) is 23.7. The average molecular weight is 498 g/mol. The smallest absolute Gasteiger partial charge is 0.193 e. The predicted octanol–water partition coefficient (Wildman–Crippen LogP) is 4.55. The summed E-state index contributed by atoms with van der Waals surface area (Å²) >= 11 is 0. The van der Waals surface area contributed by atoms with Crippen molar-refractivity contribution in [3.05, 3.63) is 71.7 Å². The van der Waals surface area contributed by atoms with E-state index in [1.807, 2.05) is 36.4 Å². The fraction of sp³-hybridized carbons (Fsp3) is 0.346. The number of aromatic nitrogens is 2. The summed E-state index contributed by atoms with van der Waals surface area (Å²) in [6.07, 6.45) is 10.2. The van der Waals surface area contributed by atoms with Gasteiger partial charge >= 0.3 is 0 Å². The van der Waals surface area contributed by atoms with E-state index in [0.717, 1.165) is 17.7 Å². The number of hydrogen-bond acceptors (Lipinski definition) is 6. The lowest BCUT2D eigenvalue weighted by atomic mass is 9.91. The minimum Gasteiger partial charge on any atom is -0.473 e. The summed E-state index contributed by atoms with van der Waals surface area (Å²) in [5.41, 5.74) is 3.98. The number of aromatic amines is 1. The van der Waals surface area contributed by atoms with Gasteiger partial charge in [0.25, 0.3) is 0 Å². The van der Waals surface area contributed by atoms with Gasteiger partial charge in [-0.1, -0.05) is 36.4 Å². The molecule has 2 aromatic heterocycles. The normalized spacial score (nSPS) is 22.4. The van der Waals surface area contributed by atoms with Gasteiger partial charge in [-0.15, -0.1) is 0 Å². The summed E-state index contributed by atoms with van der Waals surface area (Å²) in [6, 6.07) is 10.9. The first-order chi connectivity index (χ1) is 16.8. The van der Waals surface area contributed by atoms with Crippen LogP contribution in [0.1, 0.15) is 24.3 Å². The van der Waals surface area contributed by atoms with Crippen LogP contribution in [0.2, 0.25) is 0 Å². The van der Waals surface area contributed by atoms with Crippen molar-refractivity contribution in [2.24, 2.45) is 4.36 Å². The standard InChI is InChI=1S/C26H28FN3O4S/c1-35(2,32)30-19-9-7-17(8-10-19)16-3-5-18(6-4-16)26-22(27)12-23-24(29-26)13-25(28-23)34-21-11-20(14-31)33-15-21/h3-7,9-10,12-13,17,20-21,28,31H,8,11,14-15H2,1-2H3/t17?,20?,21-/m0/s1. The minimum absolute atomic E-state index is 0.0350. The molecule has 1 aromatic carbocycles. The molecule has 5 rings (SSSR count). The van der Waals surface area contributed by atoms with Gasteiger partial charge in [0.15, 0.2) is 11.7 Å². The summed E-state index contributed by atoms with van der Waals surface area (Å²) in [7, 11) is -2.18. The van der Waals surface area contributed by atoms with Gasteiger partial charge in [-0.3, -0.25) is 0 Å². The Labute approximate surface area is 203 Å². The number of halogens is 1. The van der Waals surface area contributed by atoms with Crippen LogP contribution in [0.4, 0.5) is 4.39 Å². The molecule has 3 atom stereocenters. The Balaban J connectivity index is 1.32. The first-order valence-electron chi connectivity index (χ1n) is 11.5. The van der Waals surface area contributed by atoms with Crippen LogP contribution in [0.5, 0.6) is 5.88 Å². The fourth-order valence-corrected chi connectivity index (χ4v) is 5.04. The van der Waals surface area contributed by atoms with Crippen molar-refractivity contribution in [3.8, 4) is 17.1 Å². The van der Waals surface area contributed by atoms with Crippen LogP contribution in [0, 0.1) is 5.82 Å². The van der Waals surface area contributed by atoms with E-state index in [9.17, 15) is 13.7 Å². The predicted molar refractivity (Wildman–Crippen MR) is 134 cm³/mol. The quantitative estimate of drug-likeness (QED) is 0.521. The maximum atomic E-state index is 14.9. The summed E-state index contributed by atoms with van der Waals surface area (Å²) in [5.74, 6) is 0.261. The van der Waals surface area contributed by atoms with Gasteiger partial charge < -0.3 is 19.6 Å². The van der Waals surface area contributed by atoms with E-state index in [4.69, 9.17) is 9.47 Å². The molecule has 1 aliphatic carbocycles. The van der Waals surface area contributed by atoms with Crippen molar-refractivity contribution in [2.75, 3.05) is 25.7 Å². The Morgan fingerprint density at radius 3 is 2.74 bits per heavy atom. The molecule has 9 heteroatoms. The SMILES string of the molecule is CS(C)(=O)=NC1=CCC(c2ccc(-c3nc4cc(O[C@@H]5COC(CO)C5)[nH]c4cc3F)cc2)C=C1. The number of aliphatic hydroxyl groups is 1. The van der Waals surface area contributed by atoms with Gasteiger partial charge in [-0.2, -0.15) is 0 Å². The molecule has 0 amide bonds. The van der Waals surface area contributed by atoms with E-state index in [-0.39, 0.29) is 30.4 Å². The molecule has 7 nitrogen and oxygen atoms in total. The number of pyridine rings is 1. The molecule has 2 N–H and O–H groups in total. The molecular formula is C26H28FN3O4S. The highest BCUT2D eigenvalue weighted by Gasteiger charge is 2.27. The zero-order chi connectivity index (χ0) is 24.6. The third kappa shape index (κ3) is 5.47. The molecule has 2 aliphatic rings. The van der Waals surface area contributed by atoms with Crippen LogP contribution in [0.3, 0.4) is 0 Å². The second-order valence-electron chi connectivity index (χ2n) is 9.22. The van der Waals surface area contributed by atoms with Crippen LogP contribution >= 0.6 is 0 Å². The maximum absolute atomic E-state index is 14.9. The molecule has 1 fully saturated rings. The third-order valence-electron chi connectivity index (χ3n) is 6.09. The number of nitrogens with one attached hydrogen (secondary N) is 1. The Morgan fingerprint density at radius 1 is 1.29 bits per heavy atom.